The molecule has 1 saturated carbocycles. The van der Waals surface area contributed by atoms with Gasteiger partial charge in [-0.2, -0.15) is 4.52 Å². The van der Waals surface area contributed by atoms with Crippen LogP contribution in [0.4, 0.5) is 0 Å². The Hall–Kier alpha value is -3.82. The molecule has 10 nitrogen and oxygen atoms in total. The van der Waals surface area contributed by atoms with Crippen LogP contribution < -0.4 is 10.6 Å². The number of hydrogen-bond donors (Lipinski definition) is 2. The van der Waals surface area contributed by atoms with E-state index in [0.717, 1.165) is 24.8 Å². The molecule has 3 aliphatic rings. The summed E-state index contributed by atoms with van der Waals surface area (Å²) in [4.78, 5) is 40.2. The highest BCUT2D eigenvalue weighted by molar-refractivity contribution is 6.02. The Bertz CT molecular complexity index is 1300. The van der Waals surface area contributed by atoms with Gasteiger partial charge in [0.2, 0.25) is 0 Å². The Morgan fingerprint density at radius 3 is 2.85 bits per heavy atom. The first-order valence-corrected chi connectivity index (χ1v) is 11.2. The Morgan fingerprint density at radius 2 is 2.03 bits per heavy atom. The number of carbonyl (C=O) groups excluding carboxylic acids is 3. The Kier molecular flexibility index (Phi) is 4.42. The van der Waals surface area contributed by atoms with Crippen LogP contribution in [0.5, 0.6) is 0 Å². The van der Waals surface area contributed by atoms with E-state index >= 15 is 0 Å². The molecule has 1 unspecified atom stereocenters. The highest BCUT2D eigenvalue weighted by Crippen LogP contribution is 2.50. The molecule has 1 spiro atoms. The third kappa shape index (κ3) is 3.33. The molecule has 0 radical (unpaired) electrons. The summed E-state index contributed by atoms with van der Waals surface area (Å²) in [6.07, 6.45) is 5.83. The maximum absolute atomic E-state index is 13.5. The van der Waals surface area contributed by atoms with Gasteiger partial charge in [0.25, 0.3) is 17.7 Å². The molecule has 1 aromatic carbocycles. The fraction of sp³-hybridized carbons (Fsp3) is 0.391. The summed E-state index contributed by atoms with van der Waals surface area (Å²) in [7, 11) is 0. The molecule has 33 heavy (non-hydrogen) atoms. The van der Waals surface area contributed by atoms with E-state index in [0.29, 0.717) is 42.0 Å². The van der Waals surface area contributed by atoms with Crippen molar-refractivity contribution in [3.05, 3.63) is 58.8 Å². The van der Waals surface area contributed by atoms with E-state index in [1.165, 1.54) is 10.9 Å². The van der Waals surface area contributed by atoms with Crippen LogP contribution in [0.2, 0.25) is 0 Å². The van der Waals surface area contributed by atoms with Crippen molar-refractivity contribution in [2.24, 2.45) is 5.41 Å². The normalized spacial score (nSPS) is 20.5. The number of nitrogens with one attached hydrogen (secondary N) is 2. The van der Waals surface area contributed by atoms with Crippen LogP contribution in [-0.4, -0.2) is 61.8 Å². The SMILES string of the molecule is O=C(NCC1CC2(CCC2)CN1C(=O)c1ccc2c(c1)C(=O)NC2)c1ccc2nnnn2c1. The first-order valence-electron chi connectivity index (χ1n) is 11.2. The molecular weight excluding hydrogens is 422 g/mol. The highest BCUT2D eigenvalue weighted by Gasteiger charge is 2.49. The van der Waals surface area contributed by atoms with Gasteiger partial charge < -0.3 is 15.5 Å². The van der Waals surface area contributed by atoms with Crippen LogP contribution in [0.15, 0.2) is 36.5 Å². The van der Waals surface area contributed by atoms with Gasteiger partial charge in [-0.3, -0.25) is 14.4 Å². The maximum atomic E-state index is 13.5. The van der Waals surface area contributed by atoms with Crippen molar-refractivity contribution >= 4 is 23.4 Å². The van der Waals surface area contributed by atoms with Crippen LogP contribution in [0, 0.1) is 5.41 Å². The predicted octanol–water partition coefficient (Wildman–Crippen LogP) is 1.18. The van der Waals surface area contributed by atoms with Gasteiger partial charge in [0, 0.05) is 43.0 Å². The van der Waals surface area contributed by atoms with Crippen molar-refractivity contribution in [3.8, 4) is 0 Å². The minimum atomic E-state index is -0.233. The monoisotopic (exact) mass is 445 g/mol. The zero-order chi connectivity index (χ0) is 22.6. The number of pyridine rings is 1. The summed E-state index contributed by atoms with van der Waals surface area (Å²) < 4.78 is 1.45. The van der Waals surface area contributed by atoms with E-state index in [-0.39, 0.29) is 29.2 Å². The zero-order valence-corrected chi connectivity index (χ0v) is 18.0. The average molecular weight is 445 g/mol. The number of amides is 3. The average Bonchev–Trinajstić information content (AvgIpc) is 3.53. The first-order chi connectivity index (χ1) is 16.0. The van der Waals surface area contributed by atoms with Crippen molar-refractivity contribution in [1.82, 2.24) is 35.6 Å². The fourth-order valence-electron chi connectivity index (χ4n) is 5.32. The zero-order valence-electron chi connectivity index (χ0n) is 18.0. The van der Waals surface area contributed by atoms with Crippen molar-refractivity contribution in [2.45, 2.75) is 38.3 Å². The third-order valence-corrected chi connectivity index (χ3v) is 7.28. The topological polar surface area (TPSA) is 122 Å². The first kappa shape index (κ1) is 19.8. The second-order valence-corrected chi connectivity index (χ2v) is 9.31. The number of hydrogen-bond acceptors (Lipinski definition) is 6. The van der Waals surface area contributed by atoms with Crippen LogP contribution >= 0.6 is 0 Å². The van der Waals surface area contributed by atoms with Gasteiger partial charge in [-0.15, -0.1) is 5.10 Å². The molecule has 1 saturated heterocycles. The molecule has 2 fully saturated rings. The summed E-state index contributed by atoms with van der Waals surface area (Å²) in [6, 6.07) is 8.62. The Balaban J connectivity index is 1.20. The lowest BCUT2D eigenvalue weighted by Crippen LogP contribution is -2.43. The molecule has 6 rings (SSSR count). The smallest absolute Gasteiger partial charge is 0.254 e. The van der Waals surface area contributed by atoms with Gasteiger partial charge in [0.15, 0.2) is 5.65 Å². The van der Waals surface area contributed by atoms with Crippen LogP contribution in [0.25, 0.3) is 5.65 Å². The summed E-state index contributed by atoms with van der Waals surface area (Å²) in [5, 5.41) is 17.0. The third-order valence-electron chi connectivity index (χ3n) is 7.28. The lowest BCUT2D eigenvalue weighted by molar-refractivity contribution is 0.0686. The lowest BCUT2D eigenvalue weighted by Gasteiger charge is -2.37. The molecule has 1 aliphatic carbocycles. The van der Waals surface area contributed by atoms with Crippen LogP contribution in [-0.2, 0) is 6.54 Å². The van der Waals surface area contributed by atoms with Crippen molar-refractivity contribution in [1.29, 1.82) is 0 Å². The van der Waals surface area contributed by atoms with Crippen molar-refractivity contribution < 1.29 is 14.4 Å². The van der Waals surface area contributed by atoms with Gasteiger partial charge in [-0.1, -0.05) is 12.5 Å². The molecule has 1 atom stereocenters. The standard InChI is InChI=1S/C23H23N7O3/c31-20(16-4-5-19-26-27-28-30(19)12-16)25-11-17-9-23(6-1-7-23)13-29(17)22(33)14-2-3-15-10-24-21(32)18(15)8-14/h2-5,8,12,17H,1,6-7,9-11,13H2,(H,24,32)(H,25,31). The Morgan fingerprint density at radius 1 is 1.18 bits per heavy atom. The van der Waals surface area contributed by atoms with Gasteiger partial charge >= 0.3 is 0 Å². The van der Waals surface area contributed by atoms with Gasteiger partial charge in [-0.25, -0.2) is 0 Å². The number of tetrazole rings is 1. The van der Waals surface area contributed by atoms with Gasteiger partial charge in [-0.05, 0) is 64.9 Å². The largest absolute Gasteiger partial charge is 0.350 e. The molecule has 4 heterocycles. The minimum absolute atomic E-state index is 0.0874. The van der Waals surface area contributed by atoms with Crippen LogP contribution in [0.3, 0.4) is 0 Å². The van der Waals surface area contributed by atoms with E-state index in [2.05, 4.69) is 26.2 Å². The van der Waals surface area contributed by atoms with E-state index in [4.69, 9.17) is 0 Å². The predicted molar refractivity (Wildman–Crippen MR) is 116 cm³/mol. The fourth-order valence-corrected chi connectivity index (χ4v) is 5.32. The number of likely N-dealkylation sites (tertiary alicyclic amines) is 1. The molecule has 0 bridgehead atoms. The number of carbonyl (C=O) groups is 3. The van der Waals surface area contributed by atoms with E-state index in [9.17, 15) is 14.4 Å². The molecule has 2 aromatic heterocycles. The summed E-state index contributed by atoms with van der Waals surface area (Å²) in [5.41, 5.74) is 3.16. The molecule has 10 heteroatoms. The van der Waals surface area contributed by atoms with Crippen LogP contribution in [0.1, 0.15) is 62.3 Å². The number of aromatic nitrogens is 4. The molecule has 168 valence electrons. The molecule has 3 aromatic rings. The number of fused-ring (bicyclic) bond motifs is 2. The molecular formula is C23H23N7O3. The second kappa shape index (κ2) is 7.36. The summed E-state index contributed by atoms with van der Waals surface area (Å²) in [5.74, 6) is -0.459. The second-order valence-electron chi connectivity index (χ2n) is 9.31. The van der Waals surface area contributed by atoms with Gasteiger partial charge in [0.05, 0.1) is 5.56 Å². The maximum Gasteiger partial charge on any atom is 0.254 e. The highest BCUT2D eigenvalue weighted by atomic mass is 16.2. The molecule has 2 aliphatic heterocycles. The quantitative estimate of drug-likeness (QED) is 0.622. The summed E-state index contributed by atoms with van der Waals surface area (Å²) in [6.45, 7) is 1.55. The van der Waals surface area contributed by atoms with E-state index in [1.807, 2.05) is 11.0 Å². The number of benzene rings is 1. The minimum Gasteiger partial charge on any atom is -0.350 e. The van der Waals surface area contributed by atoms with Gasteiger partial charge in [0.1, 0.15) is 0 Å². The van der Waals surface area contributed by atoms with E-state index in [1.54, 1.807) is 30.5 Å². The van der Waals surface area contributed by atoms with Crippen molar-refractivity contribution in [3.63, 3.8) is 0 Å². The molecule has 2 N–H and O–H groups in total. The van der Waals surface area contributed by atoms with Crippen molar-refractivity contribution in [2.75, 3.05) is 13.1 Å². The molecule has 3 amide bonds. The van der Waals surface area contributed by atoms with E-state index < -0.39 is 0 Å². The number of nitrogens with zero attached hydrogens (tertiary/aromatic N) is 5. The summed E-state index contributed by atoms with van der Waals surface area (Å²) >= 11 is 0. The number of rotatable bonds is 4. The Labute approximate surface area is 189 Å². The lowest BCUT2D eigenvalue weighted by atomic mass is 9.67.